The summed E-state index contributed by atoms with van der Waals surface area (Å²) in [4.78, 5) is 13.0. The molecule has 1 N–H and O–H groups in total. The Hall–Kier alpha value is -2.59. The molecule has 0 unspecified atom stereocenters. The lowest BCUT2D eigenvalue weighted by Gasteiger charge is -2.57. The predicted octanol–water partition coefficient (Wildman–Crippen LogP) is 6.30. The van der Waals surface area contributed by atoms with Crippen LogP contribution in [-0.4, -0.2) is 13.0 Å². The van der Waals surface area contributed by atoms with Gasteiger partial charge in [0.2, 0.25) is 0 Å². The highest BCUT2D eigenvalue weighted by molar-refractivity contribution is 6.06. The second-order valence-electron chi connectivity index (χ2n) is 10.1. The minimum Gasteiger partial charge on any atom is -0.451 e. The number of benzene rings is 2. The highest BCUT2D eigenvalue weighted by atomic mass is 16.5. The lowest BCUT2D eigenvalue weighted by molar-refractivity contribution is -0.00518. The molecule has 3 aromatic rings. The number of carbonyl (C=O) groups is 1. The van der Waals surface area contributed by atoms with E-state index < -0.39 is 0 Å². The molecule has 7 rings (SSSR count). The Kier molecular flexibility index (Phi) is 4.46. The smallest absolute Gasteiger partial charge is 0.291 e. The first-order valence-electron chi connectivity index (χ1n) is 11.5. The van der Waals surface area contributed by atoms with Crippen molar-refractivity contribution >= 4 is 22.6 Å². The third kappa shape index (κ3) is 3.20. The van der Waals surface area contributed by atoms with Crippen molar-refractivity contribution in [1.29, 1.82) is 0 Å². The van der Waals surface area contributed by atoms with Crippen LogP contribution in [0.15, 0.2) is 52.9 Å². The van der Waals surface area contributed by atoms with E-state index in [2.05, 4.69) is 29.6 Å². The maximum absolute atomic E-state index is 13.0. The van der Waals surface area contributed by atoms with Crippen molar-refractivity contribution in [1.82, 2.24) is 0 Å². The molecule has 0 aliphatic heterocycles. The molecule has 4 bridgehead atoms. The van der Waals surface area contributed by atoms with E-state index >= 15 is 0 Å². The van der Waals surface area contributed by atoms with Gasteiger partial charge in [0.05, 0.1) is 6.61 Å². The van der Waals surface area contributed by atoms with Crippen LogP contribution in [0.2, 0.25) is 0 Å². The third-order valence-corrected chi connectivity index (χ3v) is 7.99. The molecule has 1 amide bonds. The Morgan fingerprint density at radius 1 is 1.00 bits per heavy atom. The molecule has 2 aromatic carbocycles. The number of nitrogens with one attached hydrogen (secondary N) is 1. The van der Waals surface area contributed by atoms with Crippen molar-refractivity contribution in [2.75, 3.05) is 12.4 Å². The zero-order chi connectivity index (χ0) is 21.0. The number of para-hydroxylation sites is 1. The van der Waals surface area contributed by atoms with E-state index in [4.69, 9.17) is 9.15 Å². The number of hydrogen-bond acceptors (Lipinski definition) is 3. The summed E-state index contributed by atoms with van der Waals surface area (Å²) in [6.45, 7) is 0.338. The highest BCUT2D eigenvalue weighted by Crippen LogP contribution is 2.60. The van der Waals surface area contributed by atoms with Gasteiger partial charge in [-0.1, -0.05) is 30.3 Å². The van der Waals surface area contributed by atoms with Crippen molar-refractivity contribution in [2.45, 2.75) is 50.5 Å². The molecule has 0 spiro atoms. The summed E-state index contributed by atoms with van der Waals surface area (Å²) in [5.74, 6) is 2.88. The predicted molar refractivity (Wildman–Crippen MR) is 121 cm³/mol. The van der Waals surface area contributed by atoms with Crippen LogP contribution < -0.4 is 5.32 Å². The molecule has 31 heavy (non-hydrogen) atoms. The zero-order valence-electron chi connectivity index (χ0n) is 18.0. The molecule has 4 fully saturated rings. The van der Waals surface area contributed by atoms with Crippen LogP contribution in [-0.2, 0) is 16.8 Å². The lowest BCUT2D eigenvalue weighted by atomic mass is 9.48. The number of methoxy groups -OCH3 is 1. The fourth-order valence-corrected chi connectivity index (χ4v) is 7.13. The number of fused-ring (bicyclic) bond motifs is 1. The summed E-state index contributed by atoms with van der Waals surface area (Å²) >= 11 is 0. The van der Waals surface area contributed by atoms with E-state index in [1.807, 2.05) is 24.3 Å². The minimum absolute atomic E-state index is 0.231. The van der Waals surface area contributed by atoms with Crippen LogP contribution in [0.1, 0.15) is 60.2 Å². The maximum atomic E-state index is 13.0. The van der Waals surface area contributed by atoms with Gasteiger partial charge in [-0.25, -0.2) is 0 Å². The average Bonchev–Trinajstić information content (AvgIpc) is 3.12. The van der Waals surface area contributed by atoms with Gasteiger partial charge in [0.15, 0.2) is 5.76 Å². The molecular weight excluding hydrogens is 386 g/mol. The van der Waals surface area contributed by atoms with Gasteiger partial charge in [0.25, 0.3) is 5.91 Å². The molecule has 0 saturated heterocycles. The van der Waals surface area contributed by atoms with Crippen LogP contribution in [0.3, 0.4) is 0 Å². The van der Waals surface area contributed by atoms with E-state index in [0.29, 0.717) is 23.4 Å². The Morgan fingerprint density at radius 2 is 1.65 bits per heavy atom. The Bertz CT molecular complexity index is 1090. The number of hydrogen-bond donors (Lipinski definition) is 1. The third-order valence-electron chi connectivity index (χ3n) is 7.99. The summed E-state index contributed by atoms with van der Waals surface area (Å²) in [6, 6.07) is 16.3. The molecule has 0 atom stereocenters. The van der Waals surface area contributed by atoms with Gasteiger partial charge >= 0.3 is 0 Å². The summed E-state index contributed by atoms with van der Waals surface area (Å²) < 4.78 is 11.2. The number of carbonyl (C=O) groups excluding carboxylic acids is 1. The highest BCUT2D eigenvalue weighted by Gasteiger charge is 2.51. The zero-order valence-corrected chi connectivity index (χ0v) is 18.0. The molecule has 1 aromatic heterocycles. The first-order chi connectivity index (χ1) is 15.1. The van der Waals surface area contributed by atoms with Gasteiger partial charge in [-0.3, -0.25) is 4.79 Å². The topological polar surface area (TPSA) is 51.5 Å². The molecule has 4 heteroatoms. The monoisotopic (exact) mass is 415 g/mol. The van der Waals surface area contributed by atoms with E-state index in [9.17, 15) is 4.79 Å². The maximum Gasteiger partial charge on any atom is 0.291 e. The van der Waals surface area contributed by atoms with Crippen LogP contribution in [0.25, 0.3) is 11.0 Å². The normalized spacial score (nSPS) is 28.9. The number of anilines is 1. The molecule has 160 valence electrons. The van der Waals surface area contributed by atoms with Crippen LogP contribution >= 0.6 is 0 Å². The second kappa shape index (κ2) is 7.23. The minimum atomic E-state index is -0.231. The molecule has 1 heterocycles. The van der Waals surface area contributed by atoms with Gasteiger partial charge in [-0.05, 0) is 85.5 Å². The quantitative estimate of drug-likeness (QED) is 0.532. The fraction of sp³-hybridized carbons (Fsp3) is 0.444. The lowest BCUT2D eigenvalue weighted by Crippen LogP contribution is -2.48. The van der Waals surface area contributed by atoms with Crippen molar-refractivity contribution in [2.24, 2.45) is 17.8 Å². The number of amides is 1. The largest absolute Gasteiger partial charge is 0.451 e. The van der Waals surface area contributed by atoms with Crippen molar-refractivity contribution < 1.29 is 13.9 Å². The fourth-order valence-electron chi connectivity index (χ4n) is 7.13. The molecular formula is C27H29NO3. The first kappa shape index (κ1) is 19.1. The van der Waals surface area contributed by atoms with Crippen molar-refractivity contribution in [3.63, 3.8) is 0 Å². The van der Waals surface area contributed by atoms with Crippen LogP contribution in [0.4, 0.5) is 5.69 Å². The van der Waals surface area contributed by atoms with Gasteiger partial charge in [-0.15, -0.1) is 0 Å². The van der Waals surface area contributed by atoms with Crippen LogP contribution in [0, 0.1) is 17.8 Å². The number of rotatable bonds is 5. The summed E-state index contributed by atoms with van der Waals surface area (Å²) in [5, 5.41) is 3.95. The second-order valence-corrected chi connectivity index (χ2v) is 10.1. The van der Waals surface area contributed by atoms with Crippen molar-refractivity contribution in [3.8, 4) is 0 Å². The molecule has 0 radical (unpaired) electrons. The van der Waals surface area contributed by atoms with E-state index in [-0.39, 0.29) is 5.91 Å². The molecule has 4 saturated carbocycles. The van der Waals surface area contributed by atoms with Crippen LogP contribution in [0.5, 0.6) is 0 Å². The van der Waals surface area contributed by atoms with Gasteiger partial charge in [-0.2, -0.15) is 0 Å². The Morgan fingerprint density at radius 3 is 2.29 bits per heavy atom. The molecule has 4 nitrogen and oxygen atoms in total. The Labute approximate surface area is 183 Å². The standard InChI is InChI=1S/C27H29NO3/c1-30-16-23-22-4-2-3-5-24(22)31-25(23)26(29)28-21-8-6-20(7-9-21)27-13-17-10-18(14-27)12-19(11-17)15-27/h2-9,17-19H,10-16H2,1H3,(H,28,29). The van der Waals surface area contributed by atoms with Gasteiger partial charge in [0.1, 0.15) is 5.58 Å². The molecule has 4 aliphatic carbocycles. The average molecular weight is 416 g/mol. The van der Waals surface area contributed by atoms with E-state index in [0.717, 1.165) is 34.4 Å². The summed E-state index contributed by atoms with van der Waals surface area (Å²) in [7, 11) is 1.63. The van der Waals surface area contributed by atoms with Gasteiger partial charge < -0.3 is 14.5 Å². The number of ether oxygens (including phenoxy) is 1. The summed E-state index contributed by atoms with van der Waals surface area (Å²) in [5.41, 5.74) is 4.15. The SMILES string of the molecule is COCc1c(C(=O)Nc2ccc(C34CC5CC(CC(C5)C3)C4)cc2)oc2ccccc12. The van der Waals surface area contributed by atoms with Gasteiger partial charge in [0, 0.05) is 23.7 Å². The Balaban J connectivity index is 1.24. The number of furan rings is 1. The van der Waals surface area contributed by atoms with E-state index in [1.165, 1.54) is 44.1 Å². The molecule has 4 aliphatic rings. The van der Waals surface area contributed by atoms with E-state index in [1.54, 1.807) is 7.11 Å². The summed E-state index contributed by atoms with van der Waals surface area (Å²) in [6.07, 6.45) is 8.41. The first-order valence-corrected chi connectivity index (χ1v) is 11.5. The van der Waals surface area contributed by atoms with Crippen molar-refractivity contribution in [3.05, 3.63) is 65.4 Å².